The number of nitrogens with one attached hydrogen (secondary N) is 1. The molecular formula is C20H21N3O. The Kier molecular flexibility index (Phi) is 6.27. The van der Waals surface area contributed by atoms with Crippen molar-refractivity contribution < 1.29 is 4.79 Å². The Hall–Kier alpha value is -2.93. The Morgan fingerprint density at radius 3 is 2.62 bits per heavy atom. The van der Waals surface area contributed by atoms with Gasteiger partial charge in [-0.3, -0.25) is 9.78 Å². The molecule has 0 radical (unpaired) electrons. The highest BCUT2D eigenvalue weighted by Gasteiger charge is 2.16. The van der Waals surface area contributed by atoms with Gasteiger partial charge in [-0.2, -0.15) is 5.26 Å². The molecule has 1 N–H and O–H groups in total. The molecule has 0 spiro atoms. The molecule has 2 rings (SSSR count). The van der Waals surface area contributed by atoms with Gasteiger partial charge in [-0.05, 0) is 37.1 Å². The average Bonchev–Trinajstić information content (AvgIpc) is 2.60. The molecule has 1 atom stereocenters. The summed E-state index contributed by atoms with van der Waals surface area (Å²) in [7, 11) is 0. The van der Waals surface area contributed by atoms with Crippen LogP contribution in [-0.4, -0.2) is 10.9 Å². The van der Waals surface area contributed by atoms with Crippen LogP contribution in [0.5, 0.6) is 0 Å². The van der Waals surface area contributed by atoms with Crippen molar-refractivity contribution in [1.29, 1.82) is 5.26 Å². The van der Waals surface area contributed by atoms with Gasteiger partial charge in [0, 0.05) is 5.69 Å². The topological polar surface area (TPSA) is 65.8 Å². The van der Waals surface area contributed by atoms with Crippen LogP contribution in [0.15, 0.2) is 54.1 Å². The molecule has 0 fully saturated rings. The van der Waals surface area contributed by atoms with Gasteiger partial charge in [-0.1, -0.05) is 49.7 Å². The van der Waals surface area contributed by atoms with E-state index in [4.69, 9.17) is 0 Å². The van der Waals surface area contributed by atoms with Crippen LogP contribution in [0.1, 0.15) is 42.8 Å². The Morgan fingerprint density at radius 2 is 2.00 bits per heavy atom. The third-order valence-electron chi connectivity index (χ3n) is 3.65. The van der Waals surface area contributed by atoms with Crippen LogP contribution in [0.3, 0.4) is 0 Å². The molecule has 0 saturated heterocycles. The second-order valence-electron chi connectivity index (χ2n) is 5.60. The lowest BCUT2D eigenvalue weighted by atomic mass is 10.0. The molecule has 0 aliphatic carbocycles. The van der Waals surface area contributed by atoms with Crippen molar-refractivity contribution in [2.45, 2.75) is 32.7 Å². The van der Waals surface area contributed by atoms with Crippen LogP contribution in [0, 0.1) is 18.3 Å². The van der Waals surface area contributed by atoms with E-state index in [2.05, 4.69) is 17.2 Å². The fourth-order valence-electron chi connectivity index (χ4n) is 2.47. The monoisotopic (exact) mass is 319 g/mol. The molecule has 0 unspecified atom stereocenters. The van der Waals surface area contributed by atoms with Crippen molar-refractivity contribution in [2.24, 2.45) is 0 Å². The first-order valence-corrected chi connectivity index (χ1v) is 8.05. The fraction of sp³-hybridized carbons (Fsp3) is 0.250. The molecule has 24 heavy (non-hydrogen) atoms. The third kappa shape index (κ3) is 4.79. The minimum atomic E-state index is -0.372. The Bertz CT molecular complexity index is 760. The van der Waals surface area contributed by atoms with Gasteiger partial charge in [0.2, 0.25) is 0 Å². The first-order chi connectivity index (χ1) is 11.6. The second-order valence-corrected chi connectivity index (χ2v) is 5.60. The SMILES string of the molecule is CCC[C@H](NC(=O)/C(C#N)=C/c1cccc(C)n1)c1ccccc1. The molecule has 1 heterocycles. The molecule has 2 aromatic rings. The van der Waals surface area contributed by atoms with Crippen LogP contribution in [0.4, 0.5) is 0 Å². The van der Waals surface area contributed by atoms with E-state index in [-0.39, 0.29) is 17.5 Å². The lowest BCUT2D eigenvalue weighted by Crippen LogP contribution is -2.29. The summed E-state index contributed by atoms with van der Waals surface area (Å²) in [5.41, 5.74) is 2.55. The molecule has 4 heteroatoms. The van der Waals surface area contributed by atoms with Gasteiger partial charge in [-0.25, -0.2) is 0 Å². The van der Waals surface area contributed by atoms with E-state index in [1.165, 1.54) is 6.08 Å². The van der Waals surface area contributed by atoms with E-state index in [0.717, 1.165) is 24.1 Å². The molecular weight excluding hydrogens is 298 g/mol. The predicted octanol–water partition coefficient (Wildman–Crippen LogP) is 3.95. The maximum atomic E-state index is 12.5. The normalized spacial score (nSPS) is 12.3. The van der Waals surface area contributed by atoms with E-state index in [0.29, 0.717) is 5.69 Å². The third-order valence-corrected chi connectivity index (χ3v) is 3.65. The van der Waals surface area contributed by atoms with Gasteiger partial charge in [0.15, 0.2) is 0 Å². The van der Waals surface area contributed by atoms with Crippen molar-refractivity contribution in [3.05, 3.63) is 71.1 Å². The van der Waals surface area contributed by atoms with Crippen molar-refractivity contribution >= 4 is 12.0 Å². The number of amides is 1. The number of pyridine rings is 1. The van der Waals surface area contributed by atoms with E-state index < -0.39 is 0 Å². The summed E-state index contributed by atoms with van der Waals surface area (Å²) in [6.45, 7) is 3.94. The number of aryl methyl sites for hydroxylation is 1. The zero-order valence-corrected chi connectivity index (χ0v) is 14.0. The molecule has 122 valence electrons. The number of carbonyl (C=O) groups is 1. The zero-order valence-electron chi connectivity index (χ0n) is 14.0. The second kappa shape index (κ2) is 8.64. The number of nitriles is 1. The van der Waals surface area contributed by atoms with Gasteiger partial charge in [0.1, 0.15) is 11.6 Å². The number of carbonyl (C=O) groups excluding carboxylic acids is 1. The molecule has 0 aliphatic heterocycles. The number of nitrogens with zero attached hydrogens (tertiary/aromatic N) is 2. The molecule has 1 aromatic heterocycles. The summed E-state index contributed by atoms with van der Waals surface area (Å²) < 4.78 is 0. The van der Waals surface area contributed by atoms with E-state index in [9.17, 15) is 10.1 Å². The van der Waals surface area contributed by atoms with Crippen molar-refractivity contribution in [3.8, 4) is 6.07 Å². The summed E-state index contributed by atoms with van der Waals surface area (Å²) >= 11 is 0. The molecule has 1 amide bonds. The maximum Gasteiger partial charge on any atom is 0.262 e. The van der Waals surface area contributed by atoms with Crippen LogP contribution in [0.2, 0.25) is 0 Å². The zero-order chi connectivity index (χ0) is 17.4. The largest absolute Gasteiger partial charge is 0.345 e. The van der Waals surface area contributed by atoms with E-state index >= 15 is 0 Å². The quantitative estimate of drug-likeness (QED) is 0.647. The highest BCUT2D eigenvalue weighted by Crippen LogP contribution is 2.19. The minimum Gasteiger partial charge on any atom is -0.345 e. The summed E-state index contributed by atoms with van der Waals surface area (Å²) in [6.07, 6.45) is 3.28. The lowest BCUT2D eigenvalue weighted by molar-refractivity contribution is -0.117. The van der Waals surface area contributed by atoms with Gasteiger partial charge in [0.05, 0.1) is 11.7 Å². The summed E-state index contributed by atoms with van der Waals surface area (Å²) in [6, 6.07) is 17.2. The van der Waals surface area contributed by atoms with E-state index in [1.54, 1.807) is 6.07 Å². The van der Waals surface area contributed by atoms with Crippen LogP contribution < -0.4 is 5.32 Å². The molecule has 4 nitrogen and oxygen atoms in total. The maximum absolute atomic E-state index is 12.5. The van der Waals surface area contributed by atoms with Crippen molar-refractivity contribution in [1.82, 2.24) is 10.3 Å². The Balaban J connectivity index is 2.20. The van der Waals surface area contributed by atoms with E-state index in [1.807, 2.05) is 55.5 Å². The van der Waals surface area contributed by atoms with Crippen LogP contribution in [0.25, 0.3) is 6.08 Å². The predicted molar refractivity (Wildman–Crippen MR) is 94.8 cm³/mol. The first kappa shape index (κ1) is 17.4. The summed E-state index contributed by atoms with van der Waals surface area (Å²) in [5, 5.41) is 12.3. The number of aromatic nitrogens is 1. The highest BCUT2D eigenvalue weighted by atomic mass is 16.1. The molecule has 0 aliphatic rings. The number of rotatable bonds is 6. The average molecular weight is 319 g/mol. The smallest absolute Gasteiger partial charge is 0.262 e. The fourth-order valence-corrected chi connectivity index (χ4v) is 2.47. The first-order valence-electron chi connectivity index (χ1n) is 8.05. The number of hydrogen-bond donors (Lipinski definition) is 1. The number of benzene rings is 1. The van der Waals surface area contributed by atoms with Gasteiger partial charge in [-0.15, -0.1) is 0 Å². The molecule has 1 aromatic carbocycles. The highest BCUT2D eigenvalue weighted by molar-refractivity contribution is 6.01. The van der Waals surface area contributed by atoms with Gasteiger partial charge >= 0.3 is 0 Å². The standard InChI is InChI=1S/C20H21N3O/c1-3-8-19(16-10-5-4-6-11-16)23-20(24)17(14-21)13-18-12-7-9-15(2)22-18/h4-7,9-13,19H,3,8H2,1-2H3,(H,23,24)/b17-13+/t19-/m0/s1. The summed E-state index contributed by atoms with van der Waals surface area (Å²) in [5.74, 6) is -0.372. The number of hydrogen-bond acceptors (Lipinski definition) is 3. The van der Waals surface area contributed by atoms with Crippen molar-refractivity contribution in [3.63, 3.8) is 0 Å². The van der Waals surface area contributed by atoms with Gasteiger partial charge in [0.25, 0.3) is 5.91 Å². The van der Waals surface area contributed by atoms with Crippen LogP contribution in [-0.2, 0) is 4.79 Å². The van der Waals surface area contributed by atoms with Crippen molar-refractivity contribution in [2.75, 3.05) is 0 Å². The molecule has 0 saturated carbocycles. The lowest BCUT2D eigenvalue weighted by Gasteiger charge is -2.18. The van der Waals surface area contributed by atoms with Crippen LogP contribution >= 0.6 is 0 Å². The summed E-state index contributed by atoms with van der Waals surface area (Å²) in [4.78, 5) is 16.8. The Morgan fingerprint density at radius 1 is 1.25 bits per heavy atom. The minimum absolute atomic E-state index is 0.0603. The Labute approximate surface area is 142 Å². The van der Waals surface area contributed by atoms with Gasteiger partial charge < -0.3 is 5.32 Å². The molecule has 0 bridgehead atoms.